The average molecular weight is 752 g/mol. The average Bonchev–Trinajstić information content (AvgIpc) is 3.13. The van der Waals surface area contributed by atoms with Crippen LogP contribution in [0, 0.1) is 5.41 Å². The lowest BCUT2D eigenvalue weighted by Gasteiger charge is -2.39. The highest BCUT2D eigenvalue weighted by Crippen LogP contribution is 2.32. The van der Waals surface area contributed by atoms with Gasteiger partial charge in [-0.3, -0.25) is 19.2 Å². The molecule has 3 rings (SSSR count). The lowest BCUT2D eigenvalue weighted by molar-refractivity contribution is -0.166. The van der Waals surface area contributed by atoms with E-state index in [-0.39, 0.29) is 32.5 Å². The summed E-state index contributed by atoms with van der Waals surface area (Å²) in [7, 11) is 4.87. The Kier molecular flexibility index (Phi) is 15.3. The van der Waals surface area contributed by atoms with Crippen molar-refractivity contribution in [3.05, 3.63) is 66.2 Å². The van der Waals surface area contributed by atoms with Crippen molar-refractivity contribution in [3.63, 3.8) is 0 Å². The minimum Gasteiger partial charge on any atom is -0.493 e. The molecule has 1 saturated heterocycles. The van der Waals surface area contributed by atoms with E-state index in [2.05, 4.69) is 11.9 Å². The van der Waals surface area contributed by atoms with Gasteiger partial charge in [0.05, 0.1) is 26.1 Å². The van der Waals surface area contributed by atoms with Crippen LogP contribution in [0.5, 0.6) is 11.5 Å². The number of likely N-dealkylation sites (N-methyl/N-ethyl adjacent to an activating group) is 1. The molecule has 0 bridgehead atoms. The van der Waals surface area contributed by atoms with Crippen LogP contribution in [0.3, 0.4) is 0 Å². The maximum atomic E-state index is 14.1. The van der Waals surface area contributed by atoms with Crippen molar-refractivity contribution in [1.82, 2.24) is 9.80 Å². The molecule has 0 aliphatic carbocycles. The molecule has 0 radical (unpaired) electrons. The number of amides is 2. The summed E-state index contributed by atoms with van der Waals surface area (Å²) in [5, 5.41) is 2.80. The fraction of sp³-hybridized carbons (Fsp3) is 0.500. The Labute approximate surface area is 317 Å². The molecule has 2 aromatic rings. The zero-order valence-electron chi connectivity index (χ0n) is 32.5. The van der Waals surface area contributed by atoms with Crippen LogP contribution in [0.15, 0.2) is 55.1 Å². The first-order chi connectivity index (χ1) is 25.4. The number of carbonyl (C=O) groups excluding carboxylic acids is 6. The number of esters is 3. The number of nitrogens with one attached hydrogen (secondary N) is 1. The van der Waals surface area contributed by atoms with Crippen molar-refractivity contribution in [2.75, 3.05) is 52.8 Å². The van der Waals surface area contributed by atoms with Gasteiger partial charge in [-0.05, 0) is 89.9 Å². The van der Waals surface area contributed by atoms with Gasteiger partial charge in [-0.15, -0.1) is 0 Å². The van der Waals surface area contributed by atoms with Crippen molar-refractivity contribution >= 4 is 41.2 Å². The molecular formula is C40H53N3O11. The van der Waals surface area contributed by atoms with E-state index in [1.807, 2.05) is 17.0 Å². The largest absolute Gasteiger partial charge is 0.493 e. The fourth-order valence-corrected chi connectivity index (χ4v) is 5.65. The Bertz CT molecular complexity index is 1700. The minimum atomic E-state index is -1.37. The first-order valence-electron chi connectivity index (χ1n) is 17.7. The molecule has 54 heavy (non-hydrogen) atoms. The summed E-state index contributed by atoms with van der Waals surface area (Å²) in [5.74, 6) is -2.95. The third-order valence-corrected chi connectivity index (χ3v) is 8.59. The van der Waals surface area contributed by atoms with Crippen molar-refractivity contribution in [1.29, 1.82) is 0 Å². The standard InChI is InChI=1S/C40H53N3O11/c1-10-34(45)52-25-40(5,6)36(47)37(48)43-21-20-42(7)24-29(43)38(49)53-30(16-14-26-15-17-31(50-8)32(22-26)51-9)27-12-11-13-28(23-27)41-33(44)18-19-35(46)54-39(2,3)4/h10-13,15,17,22-23,29-30H,1,14,16,18-21,24-25H2,2-9H3,(H,41,44)/t29?,30-/m1/s1. The highest BCUT2D eigenvalue weighted by molar-refractivity contribution is 6.38. The Balaban J connectivity index is 1.87. The minimum absolute atomic E-state index is 0.0878. The number of hydrogen-bond acceptors (Lipinski definition) is 12. The molecule has 1 aliphatic rings. The lowest BCUT2D eigenvalue weighted by Crippen LogP contribution is -2.60. The molecule has 294 valence electrons. The third kappa shape index (κ3) is 12.7. The van der Waals surface area contributed by atoms with Gasteiger partial charge in [-0.25, -0.2) is 9.59 Å². The first kappa shape index (κ1) is 43.2. The zero-order valence-corrected chi connectivity index (χ0v) is 32.5. The van der Waals surface area contributed by atoms with Crippen molar-refractivity contribution in [2.24, 2.45) is 5.41 Å². The molecule has 1 aliphatic heterocycles. The molecule has 14 heteroatoms. The van der Waals surface area contributed by atoms with E-state index in [9.17, 15) is 28.8 Å². The molecule has 1 heterocycles. The number of ether oxygens (including phenoxy) is 5. The number of anilines is 1. The molecule has 2 amide bonds. The van der Waals surface area contributed by atoms with Crippen LogP contribution < -0.4 is 14.8 Å². The molecule has 2 aromatic carbocycles. The van der Waals surface area contributed by atoms with E-state index in [1.165, 1.54) is 25.9 Å². The quantitative estimate of drug-likeness (QED) is 0.105. The second kappa shape index (κ2) is 19.2. The normalized spacial score (nSPS) is 15.3. The number of hydrogen-bond donors (Lipinski definition) is 1. The molecule has 14 nitrogen and oxygen atoms in total. The molecule has 2 atom stereocenters. The topological polar surface area (TPSA) is 167 Å². The van der Waals surface area contributed by atoms with Crippen LogP contribution in [0.1, 0.15) is 71.1 Å². The Morgan fingerprint density at radius 1 is 0.944 bits per heavy atom. The van der Waals surface area contributed by atoms with Crippen LogP contribution in [-0.4, -0.2) is 104 Å². The lowest BCUT2D eigenvalue weighted by atomic mass is 9.87. The predicted octanol–water partition coefficient (Wildman–Crippen LogP) is 4.45. The summed E-state index contributed by atoms with van der Waals surface area (Å²) >= 11 is 0. The van der Waals surface area contributed by atoms with Gasteiger partial charge in [0.15, 0.2) is 11.5 Å². The number of benzene rings is 2. The number of ketones is 1. The summed E-state index contributed by atoms with van der Waals surface area (Å²) < 4.78 is 27.4. The SMILES string of the molecule is C=CC(=O)OCC(C)(C)C(=O)C(=O)N1CCN(C)CC1C(=O)O[C@H](CCc1ccc(OC)c(OC)c1)c1cccc(NC(=O)CCC(=O)OC(C)(C)C)c1. The van der Waals surface area contributed by atoms with Crippen LogP contribution in [0.25, 0.3) is 0 Å². The van der Waals surface area contributed by atoms with Crippen LogP contribution in [0.4, 0.5) is 5.69 Å². The van der Waals surface area contributed by atoms with E-state index >= 15 is 0 Å². The fourth-order valence-electron chi connectivity index (χ4n) is 5.65. The van der Waals surface area contributed by atoms with Gasteiger partial charge in [0.2, 0.25) is 11.7 Å². The Hall–Kier alpha value is -5.24. The number of rotatable bonds is 17. The van der Waals surface area contributed by atoms with E-state index in [0.29, 0.717) is 42.1 Å². The monoisotopic (exact) mass is 751 g/mol. The third-order valence-electron chi connectivity index (χ3n) is 8.59. The van der Waals surface area contributed by atoms with Crippen molar-refractivity contribution < 1.29 is 52.5 Å². The Morgan fingerprint density at radius 2 is 1.65 bits per heavy atom. The van der Waals surface area contributed by atoms with Gasteiger partial charge in [-0.1, -0.05) is 24.8 Å². The second-order valence-corrected chi connectivity index (χ2v) is 14.7. The number of nitrogens with zero attached hydrogens (tertiary/aromatic N) is 2. The summed E-state index contributed by atoms with van der Waals surface area (Å²) in [6.45, 7) is 11.8. The molecule has 0 saturated carbocycles. The van der Waals surface area contributed by atoms with Crippen molar-refractivity contribution in [3.8, 4) is 11.5 Å². The summed E-state index contributed by atoms with van der Waals surface area (Å²) in [6, 6.07) is 11.2. The maximum absolute atomic E-state index is 14.1. The number of methoxy groups -OCH3 is 2. The molecule has 0 spiro atoms. The van der Waals surface area contributed by atoms with Crippen LogP contribution in [0.2, 0.25) is 0 Å². The first-order valence-corrected chi connectivity index (χ1v) is 17.7. The molecule has 1 fully saturated rings. The predicted molar refractivity (Wildman–Crippen MR) is 200 cm³/mol. The number of aryl methyl sites for hydroxylation is 1. The van der Waals surface area contributed by atoms with Gasteiger partial charge in [-0.2, -0.15) is 0 Å². The van der Waals surface area contributed by atoms with E-state index in [4.69, 9.17) is 23.7 Å². The molecule has 1 unspecified atom stereocenters. The molecule has 0 aromatic heterocycles. The smallest absolute Gasteiger partial charge is 0.330 e. The van der Waals surface area contributed by atoms with Gasteiger partial charge < -0.3 is 38.8 Å². The number of piperazine rings is 1. The summed E-state index contributed by atoms with van der Waals surface area (Å²) in [4.78, 5) is 80.9. The van der Waals surface area contributed by atoms with Gasteiger partial charge >= 0.3 is 17.9 Å². The van der Waals surface area contributed by atoms with Gasteiger partial charge in [0.25, 0.3) is 5.91 Å². The number of Topliss-reactive ketones (excluding diaryl/α,β-unsaturated/α-hetero) is 1. The van der Waals surface area contributed by atoms with Gasteiger partial charge in [0.1, 0.15) is 24.4 Å². The highest BCUT2D eigenvalue weighted by Gasteiger charge is 2.43. The summed E-state index contributed by atoms with van der Waals surface area (Å²) in [6.07, 6.45) is 0.662. The van der Waals surface area contributed by atoms with Gasteiger partial charge in [0, 0.05) is 37.8 Å². The Morgan fingerprint density at radius 3 is 2.30 bits per heavy atom. The van der Waals surface area contributed by atoms with Crippen LogP contribution in [-0.2, 0) is 49.4 Å². The highest BCUT2D eigenvalue weighted by atomic mass is 16.6. The van der Waals surface area contributed by atoms with Crippen LogP contribution >= 0.6 is 0 Å². The zero-order chi connectivity index (χ0) is 40.2. The van der Waals surface area contributed by atoms with E-state index in [0.717, 1.165) is 11.6 Å². The second-order valence-electron chi connectivity index (χ2n) is 14.7. The summed E-state index contributed by atoms with van der Waals surface area (Å²) in [5.41, 5.74) is -0.172. The molecular weight excluding hydrogens is 698 g/mol. The number of carbonyl (C=O) groups is 6. The van der Waals surface area contributed by atoms with E-state index < -0.39 is 58.7 Å². The van der Waals surface area contributed by atoms with Crippen molar-refractivity contribution in [2.45, 2.75) is 78.0 Å². The molecule has 1 N–H and O–H groups in total. The maximum Gasteiger partial charge on any atom is 0.330 e. The van der Waals surface area contributed by atoms with E-state index in [1.54, 1.807) is 65.3 Å².